The Labute approximate surface area is 126 Å². The highest BCUT2D eigenvalue weighted by Gasteiger charge is 2.21. The molecule has 0 aliphatic rings. The molecular formula is C17H21ClN2. The Balaban J connectivity index is 2.20. The van der Waals surface area contributed by atoms with Crippen molar-refractivity contribution in [3.8, 4) is 0 Å². The predicted octanol–water partition coefficient (Wildman–Crippen LogP) is 4.03. The molecule has 0 saturated heterocycles. The first-order chi connectivity index (χ1) is 9.63. The number of hydrogen-bond acceptors (Lipinski definition) is 2. The van der Waals surface area contributed by atoms with Crippen LogP contribution in [0.4, 0.5) is 0 Å². The highest BCUT2D eigenvalue weighted by atomic mass is 35.5. The largest absolute Gasteiger partial charge is 0.329 e. The summed E-state index contributed by atoms with van der Waals surface area (Å²) < 4.78 is 0. The maximum atomic E-state index is 5.98. The molecule has 2 N–H and O–H groups in total. The van der Waals surface area contributed by atoms with Gasteiger partial charge in [-0.05, 0) is 37.2 Å². The van der Waals surface area contributed by atoms with E-state index in [-0.39, 0.29) is 12.1 Å². The first-order valence-corrected chi connectivity index (χ1v) is 7.23. The number of likely N-dealkylation sites (N-methyl/N-ethyl adjacent to an activating group) is 1. The highest BCUT2D eigenvalue weighted by Crippen LogP contribution is 2.28. The van der Waals surface area contributed by atoms with Crippen molar-refractivity contribution in [3.63, 3.8) is 0 Å². The van der Waals surface area contributed by atoms with E-state index in [1.54, 1.807) is 0 Å². The Kier molecular flexibility index (Phi) is 5.18. The fourth-order valence-corrected chi connectivity index (χ4v) is 2.59. The normalized spacial score (nSPS) is 14.2. The number of hydrogen-bond donors (Lipinski definition) is 1. The van der Waals surface area contributed by atoms with Gasteiger partial charge in [0.15, 0.2) is 0 Å². The van der Waals surface area contributed by atoms with Gasteiger partial charge in [-0.1, -0.05) is 54.1 Å². The van der Waals surface area contributed by atoms with Gasteiger partial charge < -0.3 is 5.73 Å². The molecule has 0 aliphatic carbocycles. The summed E-state index contributed by atoms with van der Waals surface area (Å²) >= 11 is 5.95. The molecule has 0 fully saturated rings. The van der Waals surface area contributed by atoms with E-state index in [9.17, 15) is 0 Å². The van der Waals surface area contributed by atoms with Crippen molar-refractivity contribution in [3.05, 3.63) is 70.7 Å². The van der Waals surface area contributed by atoms with Crippen LogP contribution in [0.15, 0.2) is 54.6 Å². The molecule has 2 aromatic rings. The zero-order valence-electron chi connectivity index (χ0n) is 12.0. The van der Waals surface area contributed by atoms with Gasteiger partial charge in [-0.25, -0.2) is 0 Å². The quantitative estimate of drug-likeness (QED) is 0.900. The maximum Gasteiger partial charge on any atom is 0.0473 e. The molecular weight excluding hydrogens is 268 g/mol. The Morgan fingerprint density at radius 3 is 2.15 bits per heavy atom. The molecule has 0 saturated carbocycles. The summed E-state index contributed by atoms with van der Waals surface area (Å²) in [4.78, 5) is 2.30. The average molecular weight is 289 g/mol. The SMILES string of the molecule is CC(c1ccc(Cl)cc1)N(C)C(CN)c1ccccc1. The maximum absolute atomic E-state index is 5.98. The Hall–Kier alpha value is -1.35. The van der Waals surface area contributed by atoms with Crippen molar-refractivity contribution >= 4 is 11.6 Å². The standard InChI is InChI=1S/C17H21ClN2/c1-13(14-8-10-16(18)11-9-14)20(2)17(12-19)15-6-4-3-5-7-15/h3-11,13,17H,12,19H2,1-2H3. The minimum atomic E-state index is 0.210. The van der Waals surface area contributed by atoms with Crippen molar-refractivity contribution < 1.29 is 0 Å². The zero-order chi connectivity index (χ0) is 14.5. The Morgan fingerprint density at radius 1 is 1.00 bits per heavy atom. The summed E-state index contributed by atoms with van der Waals surface area (Å²) in [5.74, 6) is 0. The molecule has 0 amide bonds. The van der Waals surface area contributed by atoms with Crippen LogP contribution in [0.1, 0.15) is 30.1 Å². The molecule has 0 aliphatic heterocycles. The molecule has 2 nitrogen and oxygen atoms in total. The average Bonchev–Trinajstić information content (AvgIpc) is 2.49. The van der Waals surface area contributed by atoms with Crippen LogP contribution in [0.25, 0.3) is 0 Å². The van der Waals surface area contributed by atoms with Gasteiger partial charge in [-0.15, -0.1) is 0 Å². The van der Waals surface area contributed by atoms with Gasteiger partial charge >= 0.3 is 0 Å². The van der Waals surface area contributed by atoms with E-state index in [1.165, 1.54) is 11.1 Å². The van der Waals surface area contributed by atoms with E-state index in [1.807, 2.05) is 18.2 Å². The summed E-state index contributed by atoms with van der Waals surface area (Å²) in [6.45, 7) is 2.79. The lowest BCUT2D eigenvalue weighted by Gasteiger charge is -2.33. The number of halogens is 1. The third kappa shape index (κ3) is 3.40. The molecule has 2 atom stereocenters. The van der Waals surface area contributed by atoms with Gasteiger partial charge in [-0.3, -0.25) is 4.90 Å². The smallest absolute Gasteiger partial charge is 0.0473 e. The van der Waals surface area contributed by atoms with E-state index in [0.717, 1.165) is 5.02 Å². The van der Waals surface area contributed by atoms with Crippen LogP contribution in [-0.4, -0.2) is 18.5 Å². The summed E-state index contributed by atoms with van der Waals surface area (Å²) in [5, 5.41) is 0.766. The number of nitrogens with zero attached hydrogens (tertiary/aromatic N) is 1. The molecule has 3 heteroatoms. The van der Waals surface area contributed by atoms with E-state index < -0.39 is 0 Å². The van der Waals surface area contributed by atoms with Crippen LogP contribution in [0.2, 0.25) is 5.02 Å². The number of nitrogens with two attached hydrogens (primary N) is 1. The minimum Gasteiger partial charge on any atom is -0.329 e. The first kappa shape index (κ1) is 15.0. The van der Waals surface area contributed by atoms with Crippen molar-refractivity contribution in [2.75, 3.05) is 13.6 Å². The van der Waals surface area contributed by atoms with Crippen LogP contribution in [-0.2, 0) is 0 Å². The molecule has 2 unspecified atom stereocenters. The fourth-order valence-electron chi connectivity index (χ4n) is 2.46. The summed E-state index contributed by atoms with van der Waals surface area (Å²) in [5.41, 5.74) is 8.47. The molecule has 2 rings (SSSR count). The minimum absolute atomic E-state index is 0.210. The second kappa shape index (κ2) is 6.89. The van der Waals surface area contributed by atoms with Crippen molar-refractivity contribution in [2.24, 2.45) is 5.73 Å². The second-order valence-corrected chi connectivity index (χ2v) is 5.49. The molecule has 0 radical (unpaired) electrons. The van der Waals surface area contributed by atoms with E-state index in [2.05, 4.69) is 55.3 Å². The number of benzene rings is 2. The molecule has 0 spiro atoms. The third-order valence-corrected chi connectivity index (χ3v) is 4.11. The third-order valence-electron chi connectivity index (χ3n) is 3.86. The van der Waals surface area contributed by atoms with Crippen molar-refractivity contribution in [2.45, 2.75) is 19.0 Å². The predicted molar refractivity (Wildman–Crippen MR) is 85.9 cm³/mol. The lowest BCUT2D eigenvalue weighted by atomic mass is 10.0. The molecule has 0 aromatic heterocycles. The lowest BCUT2D eigenvalue weighted by Crippen LogP contribution is -2.32. The zero-order valence-corrected chi connectivity index (χ0v) is 12.7. The summed E-state index contributed by atoms with van der Waals surface area (Å²) in [6, 6.07) is 18.9. The fraction of sp³-hybridized carbons (Fsp3) is 0.294. The van der Waals surface area contributed by atoms with Gasteiger partial charge in [0.05, 0.1) is 0 Å². The topological polar surface area (TPSA) is 29.3 Å². The van der Waals surface area contributed by atoms with E-state index in [0.29, 0.717) is 6.54 Å². The number of rotatable bonds is 5. The van der Waals surface area contributed by atoms with Crippen LogP contribution in [0.3, 0.4) is 0 Å². The summed E-state index contributed by atoms with van der Waals surface area (Å²) in [6.07, 6.45) is 0. The van der Waals surface area contributed by atoms with Gasteiger partial charge in [-0.2, -0.15) is 0 Å². The van der Waals surface area contributed by atoms with Crippen molar-refractivity contribution in [1.29, 1.82) is 0 Å². The van der Waals surface area contributed by atoms with E-state index >= 15 is 0 Å². The molecule has 0 heterocycles. The van der Waals surface area contributed by atoms with Crippen molar-refractivity contribution in [1.82, 2.24) is 4.90 Å². The highest BCUT2D eigenvalue weighted by molar-refractivity contribution is 6.30. The van der Waals surface area contributed by atoms with Crippen LogP contribution < -0.4 is 5.73 Å². The monoisotopic (exact) mass is 288 g/mol. The molecule has 106 valence electrons. The molecule has 0 bridgehead atoms. The lowest BCUT2D eigenvalue weighted by molar-refractivity contribution is 0.190. The van der Waals surface area contributed by atoms with Crippen LogP contribution in [0, 0.1) is 0 Å². The van der Waals surface area contributed by atoms with Gasteiger partial charge in [0.2, 0.25) is 0 Å². The second-order valence-electron chi connectivity index (χ2n) is 5.06. The van der Waals surface area contributed by atoms with Crippen LogP contribution >= 0.6 is 11.6 Å². The van der Waals surface area contributed by atoms with E-state index in [4.69, 9.17) is 17.3 Å². The van der Waals surface area contributed by atoms with Crippen LogP contribution in [0.5, 0.6) is 0 Å². The van der Waals surface area contributed by atoms with Gasteiger partial charge in [0.1, 0.15) is 0 Å². The van der Waals surface area contributed by atoms with Gasteiger partial charge in [0, 0.05) is 23.7 Å². The van der Waals surface area contributed by atoms with Gasteiger partial charge in [0.25, 0.3) is 0 Å². The summed E-state index contributed by atoms with van der Waals surface area (Å²) in [7, 11) is 2.11. The molecule has 20 heavy (non-hydrogen) atoms. The Bertz CT molecular complexity index is 524. The Morgan fingerprint density at radius 2 is 1.60 bits per heavy atom. The first-order valence-electron chi connectivity index (χ1n) is 6.86. The molecule has 2 aromatic carbocycles.